The van der Waals surface area contributed by atoms with Crippen molar-refractivity contribution < 1.29 is 4.74 Å². The van der Waals surface area contributed by atoms with Crippen LogP contribution < -0.4 is 10.1 Å². The predicted octanol–water partition coefficient (Wildman–Crippen LogP) is 4.00. The lowest BCUT2D eigenvalue weighted by atomic mass is 10.2. The van der Waals surface area contributed by atoms with Gasteiger partial charge >= 0.3 is 0 Å². The van der Waals surface area contributed by atoms with Crippen molar-refractivity contribution >= 4 is 11.3 Å². The molecule has 2 aromatic rings. The number of rotatable bonds is 7. The number of aryl methyl sites for hydroxylation is 1. The quantitative estimate of drug-likeness (QED) is 0.824. The largest absolute Gasteiger partial charge is 0.494 e. The Morgan fingerprint density at radius 3 is 2.53 bits per heavy atom. The van der Waals surface area contributed by atoms with Crippen molar-refractivity contribution in [2.24, 2.45) is 0 Å². The van der Waals surface area contributed by atoms with Crippen LogP contribution in [-0.4, -0.2) is 6.61 Å². The summed E-state index contributed by atoms with van der Waals surface area (Å²) >= 11 is 1.84. The van der Waals surface area contributed by atoms with E-state index in [1.807, 2.05) is 30.4 Å². The monoisotopic (exact) mass is 275 g/mol. The second-order valence-electron chi connectivity index (χ2n) is 4.40. The second kappa shape index (κ2) is 7.31. The van der Waals surface area contributed by atoms with E-state index in [0.29, 0.717) is 0 Å². The number of thiophene rings is 1. The van der Waals surface area contributed by atoms with E-state index in [2.05, 4.69) is 35.8 Å². The van der Waals surface area contributed by atoms with Crippen molar-refractivity contribution in [1.29, 1.82) is 0 Å². The summed E-state index contributed by atoms with van der Waals surface area (Å²) in [6.45, 7) is 6.77. The van der Waals surface area contributed by atoms with E-state index in [1.165, 1.54) is 16.0 Å². The van der Waals surface area contributed by atoms with Crippen LogP contribution in [0.5, 0.6) is 5.75 Å². The van der Waals surface area contributed by atoms with Gasteiger partial charge in [0.05, 0.1) is 6.61 Å². The Balaban J connectivity index is 1.82. The van der Waals surface area contributed by atoms with Crippen molar-refractivity contribution in [3.63, 3.8) is 0 Å². The van der Waals surface area contributed by atoms with Gasteiger partial charge in [-0.15, -0.1) is 11.3 Å². The summed E-state index contributed by atoms with van der Waals surface area (Å²) in [6.07, 6.45) is 1.11. The number of hydrogen-bond acceptors (Lipinski definition) is 3. The molecule has 1 N–H and O–H groups in total. The average molecular weight is 275 g/mol. The first kappa shape index (κ1) is 14.1. The van der Waals surface area contributed by atoms with Crippen LogP contribution >= 0.6 is 11.3 Å². The van der Waals surface area contributed by atoms with E-state index in [1.54, 1.807) is 0 Å². The van der Waals surface area contributed by atoms with Crippen LogP contribution in [0, 0.1) is 0 Å². The smallest absolute Gasteiger partial charge is 0.119 e. The predicted molar refractivity (Wildman–Crippen MR) is 81.9 cm³/mol. The molecule has 3 heteroatoms. The van der Waals surface area contributed by atoms with Crippen LogP contribution in [0.1, 0.15) is 29.9 Å². The van der Waals surface area contributed by atoms with Crippen molar-refractivity contribution in [1.82, 2.24) is 5.32 Å². The van der Waals surface area contributed by atoms with Gasteiger partial charge < -0.3 is 10.1 Å². The van der Waals surface area contributed by atoms with Crippen molar-refractivity contribution in [2.45, 2.75) is 33.4 Å². The molecule has 0 saturated heterocycles. The summed E-state index contributed by atoms with van der Waals surface area (Å²) < 4.78 is 5.44. The molecule has 0 unspecified atom stereocenters. The molecular weight excluding hydrogens is 254 g/mol. The van der Waals surface area contributed by atoms with E-state index < -0.39 is 0 Å². The summed E-state index contributed by atoms with van der Waals surface area (Å²) in [5, 5.41) is 5.67. The summed E-state index contributed by atoms with van der Waals surface area (Å²) in [4.78, 5) is 1.45. The van der Waals surface area contributed by atoms with Gasteiger partial charge in [-0.1, -0.05) is 19.1 Å². The molecule has 1 heterocycles. The number of ether oxygens (including phenoxy) is 1. The van der Waals surface area contributed by atoms with Gasteiger partial charge in [0.2, 0.25) is 0 Å². The molecule has 0 saturated carbocycles. The Morgan fingerprint density at radius 2 is 1.84 bits per heavy atom. The van der Waals surface area contributed by atoms with Crippen LogP contribution in [0.4, 0.5) is 0 Å². The molecule has 0 aliphatic carbocycles. The third kappa shape index (κ3) is 4.08. The Morgan fingerprint density at radius 1 is 1.05 bits per heavy atom. The molecule has 0 spiro atoms. The first-order valence-corrected chi connectivity index (χ1v) is 7.69. The van der Waals surface area contributed by atoms with Gasteiger partial charge in [-0.3, -0.25) is 0 Å². The van der Waals surface area contributed by atoms with Gasteiger partial charge in [0, 0.05) is 18.0 Å². The van der Waals surface area contributed by atoms with Crippen LogP contribution in [0.15, 0.2) is 35.7 Å². The molecule has 2 nitrogen and oxygen atoms in total. The summed E-state index contributed by atoms with van der Waals surface area (Å²) in [7, 11) is 0. The zero-order chi connectivity index (χ0) is 13.5. The topological polar surface area (TPSA) is 21.3 Å². The van der Waals surface area contributed by atoms with Gasteiger partial charge in [0.15, 0.2) is 0 Å². The molecule has 1 aromatic heterocycles. The SMILES string of the molecule is CCOc1ccc(CNCc2sccc2CC)cc1. The molecule has 0 atom stereocenters. The van der Waals surface area contributed by atoms with Gasteiger partial charge in [0.1, 0.15) is 5.75 Å². The highest BCUT2D eigenvalue weighted by Crippen LogP contribution is 2.17. The zero-order valence-electron chi connectivity index (χ0n) is 11.6. The third-order valence-corrected chi connectivity index (χ3v) is 4.03. The van der Waals surface area contributed by atoms with Crippen molar-refractivity contribution in [3.05, 3.63) is 51.7 Å². The van der Waals surface area contributed by atoms with Crippen LogP contribution in [0.2, 0.25) is 0 Å². The molecule has 102 valence electrons. The molecule has 0 aliphatic heterocycles. The van der Waals surface area contributed by atoms with Gasteiger partial charge in [-0.25, -0.2) is 0 Å². The second-order valence-corrected chi connectivity index (χ2v) is 5.40. The fourth-order valence-electron chi connectivity index (χ4n) is 2.03. The Kier molecular flexibility index (Phi) is 5.43. The molecule has 0 aliphatic rings. The molecule has 19 heavy (non-hydrogen) atoms. The molecule has 1 aromatic carbocycles. The van der Waals surface area contributed by atoms with Gasteiger partial charge in [0.25, 0.3) is 0 Å². The molecular formula is C16H21NOS. The zero-order valence-corrected chi connectivity index (χ0v) is 12.4. The van der Waals surface area contributed by atoms with E-state index >= 15 is 0 Å². The van der Waals surface area contributed by atoms with E-state index in [-0.39, 0.29) is 0 Å². The highest BCUT2D eigenvalue weighted by molar-refractivity contribution is 7.10. The van der Waals surface area contributed by atoms with E-state index in [0.717, 1.165) is 31.9 Å². The lowest BCUT2D eigenvalue weighted by molar-refractivity contribution is 0.340. The number of hydrogen-bond donors (Lipinski definition) is 1. The summed E-state index contributed by atoms with van der Waals surface area (Å²) in [5.74, 6) is 0.942. The van der Waals surface area contributed by atoms with Crippen molar-refractivity contribution in [3.8, 4) is 5.75 Å². The van der Waals surface area contributed by atoms with E-state index in [9.17, 15) is 0 Å². The Hall–Kier alpha value is -1.32. The standard InChI is InChI=1S/C16H21NOS/c1-3-14-9-10-19-16(14)12-17-11-13-5-7-15(8-6-13)18-4-2/h5-10,17H,3-4,11-12H2,1-2H3. The van der Waals surface area contributed by atoms with Crippen LogP contribution in [0.25, 0.3) is 0 Å². The highest BCUT2D eigenvalue weighted by atomic mass is 32.1. The first-order valence-electron chi connectivity index (χ1n) is 6.81. The fourth-order valence-corrected chi connectivity index (χ4v) is 2.97. The number of nitrogens with one attached hydrogen (secondary N) is 1. The first-order chi connectivity index (χ1) is 9.33. The molecule has 0 amide bonds. The maximum Gasteiger partial charge on any atom is 0.119 e. The van der Waals surface area contributed by atoms with Crippen LogP contribution in [0.3, 0.4) is 0 Å². The Bertz CT molecular complexity index is 490. The summed E-state index contributed by atoms with van der Waals surface area (Å²) in [6, 6.07) is 10.5. The molecule has 2 rings (SSSR count). The number of benzene rings is 1. The minimum atomic E-state index is 0.718. The summed E-state index contributed by atoms with van der Waals surface area (Å²) in [5.41, 5.74) is 2.75. The minimum Gasteiger partial charge on any atom is -0.494 e. The maximum atomic E-state index is 5.44. The van der Waals surface area contributed by atoms with Gasteiger partial charge in [-0.05, 0) is 48.1 Å². The maximum absolute atomic E-state index is 5.44. The van der Waals surface area contributed by atoms with Crippen LogP contribution in [-0.2, 0) is 19.5 Å². The molecule has 0 radical (unpaired) electrons. The normalized spacial score (nSPS) is 10.6. The third-order valence-electron chi connectivity index (χ3n) is 3.07. The van der Waals surface area contributed by atoms with Gasteiger partial charge in [-0.2, -0.15) is 0 Å². The lowest BCUT2D eigenvalue weighted by Crippen LogP contribution is -2.12. The minimum absolute atomic E-state index is 0.718. The van der Waals surface area contributed by atoms with Crippen molar-refractivity contribution in [2.75, 3.05) is 6.61 Å². The average Bonchev–Trinajstić information content (AvgIpc) is 2.88. The lowest BCUT2D eigenvalue weighted by Gasteiger charge is -2.07. The van der Waals surface area contributed by atoms with E-state index in [4.69, 9.17) is 4.74 Å². The molecule has 0 fully saturated rings. The highest BCUT2D eigenvalue weighted by Gasteiger charge is 2.02. The molecule has 0 bridgehead atoms. The fraction of sp³-hybridized carbons (Fsp3) is 0.375. The Labute approximate surface area is 119 Å².